The number of benzene rings is 1. The number of amides is 1. The van der Waals surface area contributed by atoms with E-state index in [0.717, 1.165) is 33.7 Å². The molecule has 1 heterocycles. The van der Waals surface area contributed by atoms with E-state index in [-0.39, 0.29) is 5.91 Å². The highest BCUT2D eigenvalue weighted by molar-refractivity contribution is 9.09. The molecule has 2 saturated carbocycles. The fourth-order valence-electron chi connectivity index (χ4n) is 3.73. The van der Waals surface area contributed by atoms with Crippen molar-refractivity contribution in [1.82, 2.24) is 0 Å². The van der Waals surface area contributed by atoms with E-state index in [4.69, 9.17) is 11.6 Å². The molecule has 2 aliphatic carbocycles. The second-order valence-electron chi connectivity index (χ2n) is 6.14. The molecular formula is C15H15BrClNO. The number of alkyl halides is 1. The molecule has 1 amide bonds. The maximum absolute atomic E-state index is 11.4. The third kappa shape index (κ3) is 2.02. The van der Waals surface area contributed by atoms with Gasteiger partial charge >= 0.3 is 0 Å². The highest BCUT2D eigenvalue weighted by atomic mass is 79.9. The van der Waals surface area contributed by atoms with Crippen LogP contribution in [-0.2, 0) is 11.2 Å². The summed E-state index contributed by atoms with van der Waals surface area (Å²) in [6.07, 6.45) is 4.57. The van der Waals surface area contributed by atoms with Gasteiger partial charge in [-0.05, 0) is 54.2 Å². The molecule has 3 atom stereocenters. The number of carbonyl (C=O) groups excluding carboxylic acids is 1. The SMILES string of the molecule is O=C1Cc2cc(C(Br)C3CC4CC4C3)c(Cl)cc2N1. The van der Waals surface area contributed by atoms with E-state index in [1.54, 1.807) is 0 Å². The number of anilines is 1. The molecular weight excluding hydrogens is 326 g/mol. The Balaban J connectivity index is 1.63. The molecule has 3 aliphatic rings. The average Bonchev–Trinajstić information content (AvgIpc) is 2.81. The van der Waals surface area contributed by atoms with Crippen LogP contribution in [0.15, 0.2) is 12.1 Å². The van der Waals surface area contributed by atoms with E-state index in [9.17, 15) is 4.79 Å². The van der Waals surface area contributed by atoms with Gasteiger partial charge in [0.25, 0.3) is 0 Å². The molecule has 4 heteroatoms. The van der Waals surface area contributed by atoms with Crippen LogP contribution in [0, 0.1) is 17.8 Å². The van der Waals surface area contributed by atoms with Crippen LogP contribution in [-0.4, -0.2) is 5.91 Å². The van der Waals surface area contributed by atoms with Crippen molar-refractivity contribution in [3.05, 3.63) is 28.3 Å². The number of rotatable bonds is 2. The molecule has 1 N–H and O–H groups in total. The number of halogens is 2. The molecule has 100 valence electrons. The van der Waals surface area contributed by atoms with Gasteiger partial charge in [0.05, 0.1) is 6.42 Å². The lowest BCUT2D eigenvalue weighted by molar-refractivity contribution is -0.115. The summed E-state index contributed by atoms with van der Waals surface area (Å²) in [6.45, 7) is 0. The first-order chi connectivity index (χ1) is 9.11. The first-order valence-corrected chi connectivity index (χ1v) is 8.17. The molecule has 0 radical (unpaired) electrons. The summed E-state index contributed by atoms with van der Waals surface area (Å²) in [7, 11) is 0. The zero-order valence-electron chi connectivity index (χ0n) is 10.5. The van der Waals surface area contributed by atoms with Gasteiger partial charge in [0, 0.05) is 15.5 Å². The van der Waals surface area contributed by atoms with Gasteiger partial charge in [-0.25, -0.2) is 0 Å². The number of hydrogen-bond acceptors (Lipinski definition) is 1. The van der Waals surface area contributed by atoms with Crippen molar-refractivity contribution >= 4 is 39.1 Å². The molecule has 4 rings (SSSR count). The van der Waals surface area contributed by atoms with Crippen molar-refractivity contribution in [3.63, 3.8) is 0 Å². The third-order valence-electron chi connectivity index (χ3n) is 4.84. The summed E-state index contributed by atoms with van der Waals surface area (Å²) < 4.78 is 0. The summed E-state index contributed by atoms with van der Waals surface area (Å²) in [5, 5.41) is 3.62. The number of carbonyl (C=O) groups is 1. The fraction of sp³-hybridized carbons (Fsp3) is 0.533. The predicted octanol–water partition coefficient (Wildman–Crippen LogP) is 4.32. The van der Waals surface area contributed by atoms with E-state index >= 15 is 0 Å². The highest BCUT2D eigenvalue weighted by Gasteiger charge is 2.47. The Morgan fingerprint density at radius 2 is 2.00 bits per heavy atom. The smallest absolute Gasteiger partial charge is 0.228 e. The Morgan fingerprint density at radius 1 is 1.26 bits per heavy atom. The van der Waals surface area contributed by atoms with Crippen molar-refractivity contribution in [3.8, 4) is 0 Å². The molecule has 0 aromatic heterocycles. The van der Waals surface area contributed by atoms with Gasteiger partial charge in [-0.2, -0.15) is 0 Å². The Kier molecular flexibility index (Phi) is 2.72. The summed E-state index contributed by atoms with van der Waals surface area (Å²) in [5.41, 5.74) is 3.12. The van der Waals surface area contributed by atoms with Crippen LogP contribution in [0.5, 0.6) is 0 Å². The van der Waals surface area contributed by atoms with Gasteiger partial charge in [-0.1, -0.05) is 33.6 Å². The van der Waals surface area contributed by atoms with Crippen LogP contribution in [0.2, 0.25) is 5.02 Å². The largest absolute Gasteiger partial charge is 0.325 e. The predicted molar refractivity (Wildman–Crippen MR) is 79.8 cm³/mol. The molecule has 0 spiro atoms. The van der Waals surface area contributed by atoms with Crippen LogP contribution in [0.3, 0.4) is 0 Å². The topological polar surface area (TPSA) is 29.1 Å². The maximum Gasteiger partial charge on any atom is 0.228 e. The van der Waals surface area contributed by atoms with E-state index in [0.29, 0.717) is 17.2 Å². The van der Waals surface area contributed by atoms with Crippen LogP contribution >= 0.6 is 27.5 Å². The number of nitrogens with one attached hydrogen (secondary N) is 1. The number of hydrogen-bond donors (Lipinski definition) is 1. The third-order valence-corrected chi connectivity index (χ3v) is 6.41. The molecule has 1 aromatic rings. The van der Waals surface area contributed by atoms with Crippen molar-refractivity contribution in [1.29, 1.82) is 0 Å². The average molecular weight is 341 g/mol. The lowest BCUT2D eigenvalue weighted by atomic mass is 9.93. The van der Waals surface area contributed by atoms with Crippen LogP contribution in [0.4, 0.5) is 5.69 Å². The maximum atomic E-state index is 11.4. The standard InChI is InChI=1S/C15H15BrClNO/c16-15(10-2-7-1-8(7)3-10)11-4-9-5-14(19)18-13(9)6-12(11)17/h4,6-8,10,15H,1-3,5H2,(H,18,19). The van der Waals surface area contributed by atoms with Gasteiger partial charge in [0.2, 0.25) is 5.91 Å². The van der Waals surface area contributed by atoms with E-state index in [2.05, 4.69) is 27.3 Å². The van der Waals surface area contributed by atoms with E-state index in [1.807, 2.05) is 6.07 Å². The summed E-state index contributed by atoms with van der Waals surface area (Å²) in [4.78, 5) is 11.8. The molecule has 2 nitrogen and oxygen atoms in total. The second kappa shape index (κ2) is 4.23. The Morgan fingerprint density at radius 3 is 2.74 bits per heavy atom. The van der Waals surface area contributed by atoms with E-state index < -0.39 is 0 Å². The molecule has 0 saturated heterocycles. The molecule has 3 unspecified atom stereocenters. The zero-order valence-corrected chi connectivity index (χ0v) is 12.8. The van der Waals surface area contributed by atoms with Crippen molar-refractivity contribution in [2.75, 3.05) is 5.32 Å². The summed E-state index contributed by atoms with van der Waals surface area (Å²) >= 11 is 10.2. The normalized spacial score (nSPS) is 32.7. The van der Waals surface area contributed by atoms with Gasteiger partial charge in [0.15, 0.2) is 0 Å². The lowest BCUT2D eigenvalue weighted by Crippen LogP contribution is -2.06. The van der Waals surface area contributed by atoms with Crippen LogP contribution < -0.4 is 5.32 Å². The first-order valence-electron chi connectivity index (χ1n) is 6.88. The van der Waals surface area contributed by atoms with Crippen molar-refractivity contribution in [2.24, 2.45) is 17.8 Å². The van der Waals surface area contributed by atoms with Crippen LogP contribution in [0.25, 0.3) is 0 Å². The van der Waals surface area contributed by atoms with Gasteiger partial charge in [-0.15, -0.1) is 0 Å². The minimum Gasteiger partial charge on any atom is -0.325 e. The van der Waals surface area contributed by atoms with Gasteiger partial charge < -0.3 is 5.32 Å². The zero-order chi connectivity index (χ0) is 13.1. The highest BCUT2D eigenvalue weighted by Crippen LogP contribution is 2.59. The minimum absolute atomic E-state index is 0.0662. The quantitative estimate of drug-likeness (QED) is 0.798. The van der Waals surface area contributed by atoms with E-state index in [1.165, 1.54) is 19.3 Å². The molecule has 2 fully saturated rings. The molecule has 1 aromatic carbocycles. The van der Waals surface area contributed by atoms with Crippen molar-refractivity contribution in [2.45, 2.75) is 30.5 Å². The van der Waals surface area contributed by atoms with Crippen LogP contribution in [0.1, 0.15) is 35.2 Å². The molecule has 19 heavy (non-hydrogen) atoms. The Hall–Kier alpha value is -0.540. The first kappa shape index (κ1) is 12.2. The second-order valence-corrected chi connectivity index (χ2v) is 7.54. The monoisotopic (exact) mass is 339 g/mol. The molecule has 1 aliphatic heterocycles. The van der Waals surface area contributed by atoms with Gasteiger partial charge in [0.1, 0.15) is 0 Å². The number of fused-ring (bicyclic) bond motifs is 2. The lowest BCUT2D eigenvalue weighted by Gasteiger charge is -2.21. The summed E-state index contributed by atoms with van der Waals surface area (Å²) in [5.74, 6) is 2.71. The summed E-state index contributed by atoms with van der Waals surface area (Å²) in [6, 6.07) is 4.01. The van der Waals surface area contributed by atoms with Gasteiger partial charge in [-0.3, -0.25) is 4.79 Å². The van der Waals surface area contributed by atoms with Crippen molar-refractivity contribution < 1.29 is 4.79 Å². The Labute approximate surface area is 126 Å². The Bertz CT molecular complexity index is 564. The minimum atomic E-state index is 0.0662. The fourth-order valence-corrected chi connectivity index (χ4v) is 4.96. The molecule has 0 bridgehead atoms.